The van der Waals surface area contributed by atoms with E-state index in [0.29, 0.717) is 18.9 Å². The van der Waals surface area contributed by atoms with E-state index >= 15 is 0 Å². The number of anilines is 1. The fourth-order valence-electron chi connectivity index (χ4n) is 3.63. The van der Waals surface area contributed by atoms with Gasteiger partial charge < -0.3 is 15.0 Å². The van der Waals surface area contributed by atoms with E-state index in [4.69, 9.17) is 0 Å². The topological polar surface area (TPSA) is 98.1 Å². The number of imidazole rings is 1. The van der Waals surface area contributed by atoms with Gasteiger partial charge in [-0.2, -0.15) is 0 Å². The number of hydrogen-bond donors (Lipinski definition) is 0. The van der Waals surface area contributed by atoms with Crippen molar-refractivity contribution in [3.63, 3.8) is 0 Å². The van der Waals surface area contributed by atoms with Crippen LogP contribution in [0.2, 0.25) is 0 Å². The number of benzene rings is 1. The fourth-order valence-corrected chi connectivity index (χ4v) is 3.63. The van der Waals surface area contributed by atoms with Gasteiger partial charge in [-0.15, -0.1) is 5.10 Å². The van der Waals surface area contributed by atoms with Crippen LogP contribution in [-0.4, -0.2) is 60.5 Å². The Hall–Kier alpha value is -3.27. The molecule has 0 atom stereocenters. The van der Waals surface area contributed by atoms with Gasteiger partial charge in [0.1, 0.15) is 12.7 Å². The van der Waals surface area contributed by atoms with E-state index in [9.17, 15) is 10.1 Å². The third-order valence-corrected chi connectivity index (χ3v) is 5.24. The van der Waals surface area contributed by atoms with Crippen LogP contribution >= 0.6 is 0 Å². The van der Waals surface area contributed by atoms with Crippen LogP contribution in [0.15, 0.2) is 42.7 Å². The Morgan fingerprint density at radius 3 is 2.59 bits per heavy atom. The number of aryl methyl sites for hydroxylation is 2. The Morgan fingerprint density at radius 2 is 1.86 bits per heavy atom. The second-order valence-corrected chi connectivity index (χ2v) is 7.14. The first kappa shape index (κ1) is 19.1. The molecule has 1 aliphatic heterocycles. The molecule has 1 saturated heterocycles. The van der Waals surface area contributed by atoms with E-state index in [-0.39, 0.29) is 5.82 Å². The van der Waals surface area contributed by atoms with Gasteiger partial charge in [0.15, 0.2) is 5.82 Å². The average Bonchev–Trinajstić information content (AvgIpc) is 3.34. The van der Waals surface area contributed by atoms with Gasteiger partial charge in [0.25, 0.3) is 0 Å². The molecular formula is C19H24N8O2. The summed E-state index contributed by atoms with van der Waals surface area (Å²) in [4.78, 5) is 19.5. The lowest BCUT2D eigenvalue weighted by atomic mass is 10.2. The van der Waals surface area contributed by atoms with Crippen LogP contribution in [0.4, 0.5) is 11.5 Å². The summed E-state index contributed by atoms with van der Waals surface area (Å²) in [5.74, 6) is 0.618. The normalized spacial score (nSPS) is 15.0. The maximum atomic E-state index is 11.1. The van der Waals surface area contributed by atoms with E-state index in [0.717, 1.165) is 38.4 Å². The van der Waals surface area contributed by atoms with E-state index in [1.165, 1.54) is 11.9 Å². The highest BCUT2D eigenvalue weighted by Crippen LogP contribution is 2.17. The SMILES string of the molecule is Cc1ncc([N+](=O)[O-])n1CCn1cc(CN2CCN(c3ccccc3)CC2)nn1. The predicted molar refractivity (Wildman–Crippen MR) is 108 cm³/mol. The molecule has 29 heavy (non-hydrogen) atoms. The summed E-state index contributed by atoms with van der Waals surface area (Å²) in [5, 5.41) is 19.5. The largest absolute Gasteiger partial charge is 0.369 e. The Labute approximate surface area is 168 Å². The summed E-state index contributed by atoms with van der Waals surface area (Å²) in [5.41, 5.74) is 2.18. The predicted octanol–water partition coefficient (Wildman–Crippen LogP) is 1.71. The van der Waals surface area contributed by atoms with Gasteiger partial charge in [-0.3, -0.25) is 4.90 Å². The smallest absolute Gasteiger partial charge is 0.342 e. The Bertz CT molecular complexity index is 960. The molecule has 3 aromatic rings. The molecule has 0 amide bonds. The highest BCUT2D eigenvalue weighted by atomic mass is 16.6. The minimum Gasteiger partial charge on any atom is -0.369 e. The number of piperazine rings is 1. The average molecular weight is 396 g/mol. The summed E-state index contributed by atoms with van der Waals surface area (Å²) in [6, 6.07) is 10.5. The molecule has 1 fully saturated rings. The summed E-state index contributed by atoms with van der Waals surface area (Å²) in [6.07, 6.45) is 3.21. The van der Waals surface area contributed by atoms with Gasteiger partial charge in [0.2, 0.25) is 0 Å². The minimum absolute atomic E-state index is 0.000809. The third kappa shape index (κ3) is 4.43. The second kappa shape index (κ2) is 8.39. The molecular weight excluding hydrogens is 372 g/mol. The van der Waals surface area contributed by atoms with E-state index in [1.54, 1.807) is 16.2 Å². The molecule has 0 aliphatic carbocycles. The summed E-state index contributed by atoms with van der Waals surface area (Å²) in [6.45, 7) is 7.38. The van der Waals surface area contributed by atoms with E-state index in [1.807, 2.05) is 12.3 Å². The second-order valence-electron chi connectivity index (χ2n) is 7.14. The number of aromatic nitrogens is 5. The van der Waals surface area contributed by atoms with Crippen molar-refractivity contribution in [2.45, 2.75) is 26.6 Å². The monoisotopic (exact) mass is 396 g/mol. The van der Waals surface area contributed by atoms with Crippen LogP contribution in [0.25, 0.3) is 0 Å². The molecule has 10 nitrogen and oxygen atoms in total. The van der Waals surface area contributed by atoms with Crippen LogP contribution < -0.4 is 4.90 Å². The van der Waals surface area contributed by atoms with E-state index in [2.05, 4.69) is 49.4 Å². The maximum absolute atomic E-state index is 11.1. The van der Waals surface area contributed by atoms with Crippen molar-refractivity contribution in [3.8, 4) is 0 Å². The Balaban J connectivity index is 1.29. The molecule has 0 radical (unpaired) electrons. The van der Waals surface area contributed by atoms with Gasteiger partial charge in [-0.1, -0.05) is 23.4 Å². The zero-order chi connectivity index (χ0) is 20.2. The van der Waals surface area contributed by atoms with E-state index < -0.39 is 4.92 Å². The standard InChI is InChI=1S/C19H24N8O2/c1-16-20-13-19(27(28)29)26(16)12-11-25-15-17(21-22-25)14-23-7-9-24(10-8-23)18-5-3-2-4-6-18/h2-6,13,15H,7-12,14H2,1H3. The van der Waals surface area contributed by atoms with Crippen LogP contribution in [-0.2, 0) is 19.6 Å². The molecule has 0 spiro atoms. The zero-order valence-electron chi connectivity index (χ0n) is 16.4. The van der Waals surface area contributed by atoms with Gasteiger partial charge in [-0.05, 0) is 17.1 Å². The number of nitrogens with zero attached hydrogens (tertiary/aromatic N) is 8. The Morgan fingerprint density at radius 1 is 1.10 bits per heavy atom. The maximum Gasteiger partial charge on any atom is 0.342 e. The minimum atomic E-state index is -0.415. The van der Waals surface area contributed by atoms with Gasteiger partial charge >= 0.3 is 5.82 Å². The number of rotatable bonds is 7. The molecule has 4 rings (SSSR count). The highest BCUT2D eigenvalue weighted by molar-refractivity contribution is 5.46. The fraction of sp³-hybridized carbons (Fsp3) is 0.421. The number of para-hydroxylation sites is 1. The number of hydrogen-bond acceptors (Lipinski definition) is 7. The first-order valence-corrected chi connectivity index (χ1v) is 9.68. The lowest BCUT2D eigenvalue weighted by Gasteiger charge is -2.35. The van der Waals surface area contributed by atoms with Crippen molar-refractivity contribution in [1.82, 2.24) is 29.4 Å². The lowest BCUT2D eigenvalue weighted by molar-refractivity contribution is -0.392. The third-order valence-electron chi connectivity index (χ3n) is 5.24. The molecule has 0 unspecified atom stereocenters. The molecule has 1 aliphatic rings. The van der Waals surface area contributed by atoms with Crippen LogP contribution in [0, 0.1) is 17.0 Å². The molecule has 152 valence electrons. The Kier molecular flexibility index (Phi) is 5.52. The summed E-state index contributed by atoms with van der Waals surface area (Å²) >= 11 is 0. The number of nitro groups is 1. The van der Waals surface area contributed by atoms with Crippen molar-refractivity contribution in [3.05, 3.63) is 64.4 Å². The molecule has 0 N–H and O–H groups in total. The van der Waals surface area contributed by atoms with Gasteiger partial charge in [0, 0.05) is 51.5 Å². The van der Waals surface area contributed by atoms with Crippen molar-refractivity contribution >= 4 is 11.5 Å². The highest BCUT2D eigenvalue weighted by Gasteiger charge is 2.19. The van der Waals surface area contributed by atoms with Crippen molar-refractivity contribution in [2.24, 2.45) is 0 Å². The van der Waals surface area contributed by atoms with Crippen LogP contribution in [0.1, 0.15) is 11.5 Å². The molecule has 2 aromatic heterocycles. The van der Waals surface area contributed by atoms with Crippen molar-refractivity contribution in [1.29, 1.82) is 0 Å². The van der Waals surface area contributed by atoms with Crippen LogP contribution in [0.3, 0.4) is 0 Å². The van der Waals surface area contributed by atoms with Gasteiger partial charge in [-0.25, -0.2) is 14.2 Å². The lowest BCUT2D eigenvalue weighted by Crippen LogP contribution is -2.46. The van der Waals surface area contributed by atoms with Crippen molar-refractivity contribution < 1.29 is 4.92 Å². The van der Waals surface area contributed by atoms with Gasteiger partial charge in [0.05, 0.1) is 12.2 Å². The molecule has 3 heterocycles. The molecule has 1 aromatic carbocycles. The summed E-state index contributed by atoms with van der Waals surface area (Å²) < 4.78 is 3.32. The zero-order valence-corrected chi connectivity index (χ0v) is 16.4. The molecule has 10 heteroatoms. The summed E-state index contributed by atoms with van der Waals surface area (Å²) in [7, 11) is 0. The van der Waals surface area contributed by atoms with Crippen LogP contribution in [0.5, 0.6) is 0 Å². The first-order valence-electron chi connectivity index (χ1n) is 9.68. The molecule has 0 bridgehead atoms. The first-order chi connectivity index (χ1) is 14.1. The van der Waals surface area contributed by atoms with Crippen molar-refractivity contribution in [2.75, 3.05) is 31.1 Å². The quantitative estimate of drug-likeness (QED) is 0.443. The molecule has 0 saturated carbocycles.